The lowest BCUT2D eigenvalue weighted by Crippen LogP contribution is -2.20. The molecule has 29 heavy (non-hydrogen) atoms. The lowest BCUT2D eigenvalue weighted by molar-refractivity contribution is -0.142. The van der Waals surface area contributed by atoms with Gasteiger partial charge in [0.15, 0.2) is 5.16 Å². The van der Waals surface area contributed by atoms with Crippen molar-refractivity contribution in [2.75, 3.05) is 17.7 Å². The molecule has 0 spiro atoms. The number of ether oxygens (including phenoxy) is 1. The number of hydrogen-bond acceptors (Lipinski definition) is 6. The number of amides is 1. The third kappa shape index (κ3) is 6.03. The summed E-state index contributed by atoms with van der Waals surface area (Å²) in [7, 11) is 0. The van der Waals surface area contributed by atoms with Crippen molar-refractivity contribution >= 4 is 29.3 Å². The Morgan fingerprint density at radius 3 is 2.79 bits per heavy atom. The van der Waals surface area contributed by atoms with Crippen molar-refractivity contribution in [2.24, 2.45) is 0 Å². The van der Waals surface area contributed by atoms with E-state index in [-0.39, 0.29) is 30.1 Å². The SMILES string of the molecule is CCOC(=O)Cc1nnc(SCC(=O)Nc2cccc(F)c2)n1C1CCCCC1. The number of carbonyl (C=O) groups excluding carboxylic acids is 2. The molecule has 1 heterocycles. The van der Waals surface area contributed by atoms with E-state index >= 15 is 0 Å². The van der Waals surface area contributed by atoms with E-state index in [0.717, 1.165) is 25.7 Å². The first-order chi connectivity index (χ1) is 14.1. The maximum atomic E-state index is 13.3. The summed E-state index contributed by atoms with van der Waals surface area (Å²) < 4.78 is 20.3. The van der Waals surface area contributed by atoms with Crippen LogP contribution in [0.2, 0.25) is 0 Å². The molecule has 3 rings (SSSR count). The average molecular weight is 421 g/mol. The molecule has 1 saturated carbocycles. The molecule has 7 nitrogen and oxygen atoms in total. The van der Waals surface area contributed by atoms with Crippen LogP contribution in [0.4, 0.5) is 10.1 Å². The number of anilines is 1. The Morgan fingerprint density at radius 2 is 2.07 bits per heavy atom. The summed E-state index contributed by atoms with van der Waals surface area (Å²) in [6.07, 6.45) is 5.49. The minimum Gasteiger partial charge on any atom is -0.466 e. The number of nitrogens with zero attached hydrogens (tertiary/aromatic N) is 3. The summed E-state index contributed by atoms with van der Waals surface area (Å²) in [6.45, 7) is 2.08. The fourth-order valence-corrected chi connectivity index (χ4v) is 4.29. The number of thioether (sulfide) groups is 1. The molecule has 9 heteroatoms. The van der Waals surface area contributed by atoms with Crippen molar-refractivity contribution in [3.8, 4) is 0 Å². The van der Waals surface area contributed by atoms with Crippen molar-refractivity contribution in [3.05, 3.63) is 35.9 Å². The van der Waals surface area contributed by atoms with Crippen LogP contribution < -0.4 is 5.32 Å². The fourth-order valence-electron chi connectivity index (χ4n) is 3.47. The standard InChI is InChI=1S/C20H25FN4O3S/c1-2-28-19(27)12-17-23-24-20(25(17)16-9-4-3-5-10-16)29-13-18(26)22-15-8-6-7-14(21)11-15/h6-8,11,16H,2-5,9-10,12-13H2,1H3,(H,22,26). The van der Waals surface area contributed by atoms with Crippen LogP contribution in [-0.2, 0) is 20.7 Å². The Kier molecular flexibility index (Phi) is 7.62. The van der Waals surface area contributed by atoms with Crippen LogP contribution >= 0.6 is 11.8 Å². The number of hydrogen-bond donors (Lipinski definition) is 1. The summed E-state index contributed by atoms with van der Waals surface area (Å²) >= 11 is 1.26. The van der Waals surface area contributed by atoms with Crippen molar-refractivity contribution in [1.82, 2.24) is 14.8 Å². The highest BCUT2D eigenvalue weighted by Gasteiger charge is 2.25. The first-order valence-electron chi connectivity index (χ1n) is 9.84. The zero-order valence-corrected chi connectivity index (χ0v) is 17.2. The van der Waals surface area contributed by atoms with Crippen molar-refractivity contribution < 1.29 is 18.7 Å². The molecule has 1 aliphatic carbocycles. The number of nitrogens with one attached hydrogen (secondary N) is 1. The van der Waals surface area contributed by atoms with Gasteiger partial charge < -0.3 is 14.6 Å². The van der Waals surface area contributed by atoms with Gasteiger partial charge in [-0.25, -0.2) is 4.39 Å². The Labute approximate surface area is 173 Å². The quantitative estimate of drug-likeness (QED) is 0.517. The molecule has 0 bridgehead atoms. The molecular formula is C20H25FN4O3S. The summed E-state index contributed by atoms with van der Waals surface area (Å²) in [6, 6.07) is 5.98. The van der Waals surface area contributed by atoms with Crippen LogP contribution in [0, 0.1) is 5.82 Å². The van der Waals surface area contributed by atoms with Crippen molar-refractivity contribution in [1.29, 1.82) is 0 Å². The van der Waals surface area contributed by atoms with Gasteiger partial charge in [0.25, 0.3) is 0 Å². The average Bonchev–Trinajstić information content (AvgIpc) is 3.09. The molecule has 1 amide bonds. The van der Waals surface area contributed by atoms with E-state index in [0.29, 0.717) is 23.3 Å². The number of aromatic nitrogens is 3. The summed E-state index contributed by atoms with van der Waals surface area (Å²) in [5, 5.41) is 11.7. The minimum absolute atomic E-state index is 0.0629. The van der Waals surface area contributed by atoms with Crippen molar-refractivity contribution in [3.63, 3.8) is 0 Å². The zero-order chi connectivity index (χ0) is 20.6. The first-order valence-corrected chi connectivity index (χ1v) is 10.8. The van der Waals surface area contributed by atoms with Gasteiger partial charge in [0, 0.05) is 11.7 Å². The Hall–Kier alpha value is -2.42. The van der Waals surface area contributed by atoms with Crippen LogP contribution in [0.5, 0.6) is 0 Å². The zero-order valence-electron chi connectivity index (χ0n) is 16.4. The van der Waals surface area contributed by atoms with Gasteiger partial charge in [-0.15, -0.1) is 10.2 Å². The first kappa shape index (κ1) is 21.3. The normalized spacial score (nSPS) is 14.6. The molecule has 1 aromatic carbocycles. The van der Waals surface area contributed by atoms with Crippen LogP contribution in [0.1, 0.15) is 50.9 Å². The maximum absolute atomic E-state index is 13.3. The highest BCUT2D eigenvalue weighted by Crippen LogP contribution is 2.32. The molecule has 0 unspecified atom stereocenters. The number of carbonyl (C=O) groups is 2. The second-order valence-corrected chi connectivity index (χ2v) is 7.83. The molecule has 1 aliphatic rings. The molecule has 0 atom stereocenters. The molecule has 2 aromatic rings. The van der Waals surface area contributed by atoms with Crippen LogP contribution in [-0.4, -0.2) is 39.0 Å². The molecule has 1 aromatic heterocycles. The molecular weight excluding hydrogens is 395 g/mol. The second kappa shape index (κ2) is 10.4. The number of rotatable bonds is 8. The van der Waals surface area contributed by atoms with Gasteiger partial charge in [0.1, 0.15) is 18.1 Å². The van der Waals surface area contributed by atoms with E-state index in [2.05, 4.69) is 15.5 Å². The third-order valence-corrected chi connectivity index (χ3v) is 5.67. The number of halogens is 1. The topological polar surface area (TPSA) is 86.1 Å². The van der Waals surface area contributed by atoms with E-state index in [1.807, 2.05) is 4.57 Å². The fraction of sp³-hybridized carbons (Fsp3) is 0.500. The lowest BCUT2D eigenvalue weighted by atomic mass is 9.95. The van der Waals surface area contributed by atoms with Crippen LogP contribution in [0.15, 0.2) is 29.4 Å². The minimum atomic E-state index is -0.406. The van der Waals surface area contributed by atoms with Gasteiger partial charge in [-0.3, -0.25) is 9.59 Å². The third-order valence-electron chi connectivity index (χ3n) is 4.72. The van der Waals surface area contributed by atoms with Gasteiger partial charge in [0.05, 0.1) is 12.4 Å². The maximum Gasteiger partial charge on any atom is 0.313 e. The van der Waals surface area contributed by atoms with Crippen LogP contribution in [0.3, 0.4) is 0 Å². The Bertz CT molecular complexity index is 852. The van der Waals surface area contributed by atoms with E-state index in [4.69, 9.17) is 4.74 Å². The van der Waals surface area contributed by atoms with Gasteiger partial charge >= 0.3 is 5.97 Å². The molecule has 0 saturated heterocycles. The highest BCUT2D eigenvalue weighted by molar-refractivity contribution is 7.99. The van der Waals surface area contributed by atoms with E-state index in [1.165, 1.54) is 30.3 Å². The molecule has 156 valence electrons. The molecule has 0 aliphatic heterocycles. The Balaban J connectivity index is 1.69. The van der Waals surface area contributed by atoms with Gasteiger partial charge in [-0.1, -0.05) is 37.1 Å². The predicted octanol–water partition coefficient (Wildman–Crippen LogP) is 3.76. The summed E-state index contributed by atoms with van der Waals surface area (Å²) in [4.78, 5) is 24.2. The second-order valence-electron chi connectivity index (χ2n) is 6.89. The van der Waals surface area contributed by atoms with E-state index in [9.17, 15) is 14.0 Å². The smallest absolute Gasteiger partial charge is 0.313 e. The highest BCUT2D eigenvalue weighted by atomic mass is 32.2. The summed E-state index contributed by atoms with van der Waals surface area (Å²) in [5.74, 6) is -0.316. The molecule has 1 fully saturated rings. The van der Waals surface area contributed by atoms with E-state index in [1.54, 1.807) is 19.1 Å². The van der Waals surface area contributed by atoms with Crippen LogP contribution in [0.25, 0.3) is 0 Å². The molecule has 1 N–H and O–H groups in total. The predicted molar refractivity (Wildman–Crippen MR) is 108 cm³/mol. The van der Waals surface area contributed by atoms with Gasteiger partial charge in [-0.2, -0.15) is 0 Å². The van der Waals surface area contributed by atoms with E-state index < -0.39 is 5.82 Å². The van der Waals surface area contributed by atoms with Gasteiger partial charge in [0.2, 0.25) is 5.91 Å². The van der Waals surface area contributed by atoms with Gasteiger partial charge in [-0.05, 0) is 38.0 Å². The largest absolute Gasteiger partial charge is 0.466 e. The number of esters is 1. The molecule has 0 radical (unpaired) electrons. The summed E-state index contributed by atoms with van der Waals surface area (Å²) in [5.41, 5.74) is 0.410. The van der Waals surface area contributed by atoms with Crippen molar-refractivity contribution in [2.45, 2.75) is 56.6 Å². The Morgan fingerprint density at radius 1 is 1.28 bits per heavy atom. The number of benzene rings is 1. The monoisotopic (exact) mass is 420 g/mol. The lowest BCUT2D eigenvalue weighted by Gasteiger charge is -2.25.